The molecule has 0 radical (unpaired) electrons. The van der Waals surface area contributed by atoms with Crippen molar-refractivity contribution in [2.24, 2.45) is 11.8 Å². The summed E-state index contributed by atoms with van der Waals surface area (Å²) in [6, 6.07) is 12.5. The molecule has 0 spiro atoms. The molecule has 1 heterocycles. The summed E-state index contributed by atoms with van der Waals surface area (Å²) in [5.41, 5.74) is 1.62. The lowest BCUT2D eigenvalue weighted by molar-refractivity contribution is -0.150. The fraction of sp³-hybridized carbons (Fsp3) is 0.464. The van der Waals surface area contributed by atoms with Crippen LogP contribution in [0.15, 0.2) is 60.4 Å². The summed E-state index contributed by atoms with van der Waals surface area (Å²) < 4.78 is 51.0. The van der Waals surface area contributed by atoms with Crippen molar-refractivity contribution in [2.45, 2.75) is 69.7 Å². The highest BCUT2D eigenvalue weighted by Crippen LogP contribution is 2.44. The Morgan fingerprint density at radius 2 is 1.72 bits per heavy atom. The van der Waals surface area contributed by atoms with Crippen LogP contribution in [-0.4, -0.2) is 23.3 Å². The molecule has 3 aliphatic rings. The van der Waals surface area contributed by atoms with E-state index in [1.165, 1.54) is 18.6 Å². The van der Waals surface area contributed by atoms with E-state index in [9.17, 15) is 23.1 Å². The van der Waals surface area contributed by atoms with Gasteiger partial charge < -0.3 is 19.9 Å². The van der Waals surface area contributed by atoms with Crippen LogP contribution >= 0.6 is 0 Å². The summed E-state index contributed by atoms with van der Waals surface area (Å²) in [6.07, 6.45) is 1.40. The number of nitrogens with one attached hydrogen (secondary N) is 1. The average Bonchev–Trinajstić information content (AvgIpc) is 3.51. The van der Waals surface area contributed by atoms with Gasteiger partial charge in [-0.05, 0) is 66.0 Å². The number of hydrogen-bond acceptors (Lipinski definition) is 4. The standard InChI is InChI=1S/C28H30F3NO4/c29-28(30,31)23-9-7-20(8-10-23)22-13-25(27(34)32-24-12-19-5-6-21(24)11-19)36-26(14-22)35-16-18-3-1-17(15-33)2-4-18/h1-4,7-10,13,19,21-22,24,26,33H,5-6,11-12,14-16H2,(H,32,34)/t19?,21?,22-,24?,26+/m0/s1. The highest BCUT2D eigenvalue weighted by molar-refractivity contribution is 5.92. The van der Waals surface area contributed by atoms with Gasteiger partial charge in [0.2, 0.25) is 6.29 Å². The molecule has 5 rings (SSSR count). The van der Waals surface area contributed by atoms with Crippen LogP contribution < -0.4 is 5.32 Å². The molecule has 2 N–H and O–H groups in total. The van der Waals surface area contributed by atoms with Gasteiger partial charge in [0, 0.05) is 18.4 Å². The molecule has 192 valence electrons. The lowest BCUT2D eigenvalue weighted by Crippen LogP contribution is -2.41. The SMILES string of the molecule is O=C(NC1CC2CCC1C2)C1=C[C@H](c2ccc(C(F)(F)F)cc2)C[C@H](OCc2ccc(CO)cc2)O1. The van der Waals surface area contributed by atoms with Crippen LogP contribution in [-0.2, 0) is 33.7 Å². The van der Waals surface area contributed by atoms with E-state index in [0.717, 1.165) is 42.5 Å². The second kappa shape index (κ2) is 10.3. The summed E-state index contributed by atoms with van der Waals surface area (Å²) in [6.45, 7) is 0.185. The Morgan fingerprint density at radius 1 is 1.00 bits per heavy atom. The van der Waals surface area contributed by atoms with Crippen molar-refractivity contribution in [1.82, 2.24) is 5.32 Å². The van der Waals surface area contributed by atoms with Crippen LogP contribution in [0.2, 0.25) is 0 Å². The molecule has 0 aromatic heterocycles. The Labute approximate surface area is 208 Å². The first-order valence-electron chi connectivity index (χ1n) is 12.5. The third-order valence-corrected chi connectivity index (χ3v) is 7.64. The van der Waals surface area contributed by atoms with E-state index in [4.69, 9.17) is 9.47 Å². The lowest BCUT2D eigenvalue weighted by Gasteiger charge is -2.31. The highest BCUT2D eigenvalue weighted by atomic mass is 19.4. The Kier molecular flexibility index (Phi) is 7.08. The molecule has 5 nitrogen and oxygen atoms in total. The number of aliphatic hydroxyl groups excluding tert-OH is 1. The Morgan fingerprint density at radius 3 is 2.33 bits per heavy atom. The van der Waals surface area contributed by atoms with Gasteiger partial charge in [0.15, 0.2) is 5.76 Å². The Hall–Kier alpha value is -2.84. The second-order valence-electron chi connectivity index (χ2n) is 10.1. The number of fused-ring (bicyclic) bond motifs is 2. The predicted molar refractivity (Wildman–Crippen MR) is 126 cm³/mol. The topological polar surface area (TPSA) is 67.8 Å². The molecule has 1 aliphatic heterocycles. The minimum absolute atomic E-state index is 0.0481. The molecule has 2 saturated carbocycles. The largest absolute Gasteiger partial charge is 0.459 e. The zero-order valence-electron chi connectivity index (χ0n) is 19.8. The first kappa shape index (κ1) is 24.8. The maximum atomic E-state index is 13.2. The molecule has 5 atom stereocenters. The van der Waals surface area contributed by atoms with Crippen molar-refractivity contribution >= 4 is 5.91 Å². The van der Waals surface area contributed by atoms with E-state index in [1.807, 2.05) is 12.1 Å². The van der Waals surface area contributed by atoms with Crippen LogP contribution in [0, 0.1) is 11.8 Å². The number of benzene rings is 2. The summed E-state index contributed by atoms with van der Waals surface area (Å²) in [7, 11) is 0. The molecule has 0 saturated heterocycles. The molecule has 2 aliphatic carbocycles. The zero-order valence-corrected chi connectivity index (χ0v) is 19.8. The number of amides is 1. The molecule has 3 unspecified atom stereocenters. The minimum Gasteiger partial charge on any atom is -0.459 e. The number of aliphatic hydroxyl groups is 1. The van der Waals surface area contributed by atoms with E-state index in [2.05, 4.69) is 5.32 Å². The number of carbonyl (C=O) groups excluding carboxylic acids is 1. The van der Waals surface area contributed by atoms with Gasteiger partial charge in [0.1, 0.15) is 0 Å². The third-order valence-electron chi connectivity index (χ3n) is 7.64. The number of ether oxygens (including phenoxy) is 2. The highest BCUT2D eigenvalue weighted by Gasteiger charge is 2.41. The number of carbonyl (C=O) groups is 1. The van der Waals surface area contributed by atoms with Crippen molar-refractivity contribution in [3.05, 3.63) is 82.6 Å². The maximum Gasteiger partial charge on any atom is 0.416 e. The van der Waals surface area contributed by atoms with Crippen LogP contribution in [0.3, 0.4) is 0 Å². The van der Waals surface area contributed by atoms with Crippen LogP contribution in [0.1, 0.15) is 60.3 Å². The fourth-order valence-corrected chi connectivity index (χ4v) is 5.66. The summed E-state index contributed by atoms with van der Waals surface area (Å²) >= 11 is 0. The molecule has 2 bridgehead atoms. The van der Waals surface area contributed by atoms with E-state index >= 15 is 0 Å². The number of alkyl halides is 3. The number of hydrogen-bond donors (Lipinski definition) is 2. The van der Waals surface area contributed by atoms with Gasteiger partial charge in [-0.15, -0.1) is 0 Å². The Bertz CT molecular complexity index is 1100. The summed E-state index contributed by atoms with van der Waals surface area (Å²) in [5.74, 6) is 0.695. The maximum absolute atomic E-state index is 13.2. The molecular weight excluding hydrogens is 471 g/mol. The van der Waals surface area contributed by atoms with Gasteiger partial charge in [-0.25, -0.2) is 0 Å². The van der Waals surface area contributed by atoms with Gasteiger partial charge in [0.25, 0.3) is 5.91 Å². The zero-order chi connectivity index (χ0) is 25.3. The molecule has 2 aromatic carbocycles. The third kappa shape index (κ3) is 5.60. The van der Waals surface area contributed by atoms with Crippen LogP contribution in [0.4, 0.5) is 13.2 Å². The Balaban J connectivity index is 1.31. The molecular formula is C28H30F3NO4. The van der Waals surface area contributed by atoms with Crippen molar-refractivity contribution < 1.29 is 32.5 Å². The van der Waals surface area contributed by atoms with E-state index in [0.29, 0.717) is 23.8 Å². The molecule has 8 heteroatoms. The summed E-state index contributed by atoms with van der Waals surface area (Å²) in [5, 5.41) is 12.3. The smallest absolute Gasteiger partial charge is 0.416 e. The van der Waals surface area contributed by atoms with Gasteiger partial charge in [-0.2, -0.15) is 13.2 Å². The van der Waals surface area contributed by atoms with Crippen molar-refractivity contribution in [3.63, 3.8) is 0 Å². The van der Waals surface area contributed by atoms with Crippen LogP contribution in [0.5, 0.6) is 0 Å². The van der Waals surface area contributed by atoms with Crippen LogP contribution in [0.25, 0.3) is 0 Å². The number of halogens is 3. The lowest BCUT2D eigenvalue weighted by atomic mass is 9.91. The monoisotopic (exact) mass is 501 g/mol. The van der Waals surface area contributed by atoms with Gasteiger partial charge in [0.05, 0.1) is 18.8 Å². The van der Waals surface area contributed by atoms with Gasteiger partial charge >= 0.3 is 6.18 Å². The van der Waals surface area contributed by atoms with Crippen molar-refractivity contribution in [2.75, 3.05) is 0 Å². The molecule has 2 aromatic rings. The second-order valence-corrected chi connectivity index (χ2v) is 10.1. The molecule has 2 fully saturated rings. The molecule has 1 amide bonds. The molecule has 36 heavy (non-hydrogen) atoms. The average molecular weight is 502 g/mol. The van der Waals surface area contributed by atoms with E-state index < -0.39 is 18.0 Å². The normalized spacial score (nSPS) is 27.4. The first-order valence-corrected chi connectivity index (χ1v) is 12.5. The predicted octanol–water partition coefficient (Wildman–Crippen LogP) is 5.43. The minimum atomic E-state index is -4.41. The van der Waals surface area contributed by atoms with Crippen molar-refractivity contribution in [1.29, 1.82) is 0 Å². The van der Waals surface area contributed by atoms with E-state index in [1.54, 1.807) is 18.2 Å². The van der Waals surface area contributed by atoms with Gasteiger partial charge in [-0.1, -0.05) is 42.8 Å². The summed E-state index contributed by atoms with van der Waals surface area (Å²) in [4.78, 5) is 13.2. The first-order chi connectivity index (χ1) is 17.3. The van der Waals surface area contributed by atoms with Gasteiger partial charge in [-0.3, -0.25) is 4.79 Å². The quantitative estimate of drug-likeness (QED) is 0.531. The van der Waals surface area contributed by atoms with Crippen molar-refractivity contribution in [3.8, 4) is 0 Å². The van der Waals surface area contributed by atoms with E-state index in [-0.39, 0.29) is 36.8 Å². The fourth-order valence-electron chi connectivity index (χ4n) is 5.66. The number of rotatable bonds is 7. The number of allylic oxidation sites excluding steroid dienone is 1.